The van der Waals surface area contributed by atoms with Crippen LogP contribution in [0.25, 0.3) is 0 Å². The number of nitriles is 1. The Labute approximate surface area is 117 Å². The molecule has 98 valence electrons. The van der Waals surface area contributed by atoms with Crippen molar-refractivity contribution in [2.75, 3.05) is 11.9 Å². The molecule has 3 nitrogen and oxygen atoms in total. The van der Waals surface area contributed by atoms with Gasteiger partial charge in [0, 0.05) is 13.1 Å². The highest BCUT2D eigenvalue weighted by molar-refractivity contribution is 7.08. The Kier molecular flexibility index (Phi) is 4.20. The summed E-state index contributed by atoms with van der Waals surface area (Å²) in [5.74, 6) is 0. The molecule has 0 aliphatic rings. The lowest BCUT2D eigenvalue weighted by Gasteiger charge is -2.33. The van der Waals surface area contributed by atoms with Gasteiger partial charge in [0.05, 0.1) is 17.3 Å². The third kappa shape index (κ3) is 2.78. The van der Waals surface area contributed by atoms with E-state index < -0.39 is 0 Å². The van der Waals surface area contributed by atoms with Crippen molar-refractivity contribution in [3.05, 3.63) is 52.2 Å². The fourth-order valence-electron chi connectivity index (χ4n) is 2.35. The lowest BCUT2D eigenvalue weighted by molar-refractivity contribution is 0.560. The van der Waals surface area contributed by atoms with Crippen LogP contribution in [0.3, 0.4) is 0 Å². The number of nitrogens with two attached hydrogens (primary N) is 1. The molecule has 2 unspecified atom stereocenters. The summed E-state index contributed by atoms with van der Waals surface area (Å²) < 4.78 is 0. The number of hydrogen-bond acceptors (Lipinski definition) is 4. The van der Waals surface area contributed by atoms with Crippen LogP contribution in [0.15, 0.2) is 41.1 Å². The van der Waals surface area contributed by atoms with Gasteiger partial charge in [0.25, 0.3) is 0 Å². The molecule has 0 radical (unpaired) electrons. The van der Waals surface area contributed by atoms with Gasteiger partial charge in [0.2, 0.25) is 0 Å². The maximum atomic E-state index is 9.21. The van der Waals surface area contributed by atoms with E-state index in [1.165, 1.54) is 5.56 Å². The van der Waals surface area contributed by atoms with Crippen molar-refractivity contribution in [3.8, 4) is 6.07 Å². The summed E-state index contributed by atoms with van der Waals surface area (Å²) in [5.41, 5.74) is 8.92. The minimum absolute atomic E-state index is 0.0219. The Hall–Kier alpha value is -1.83. The highest BCUT2D eigenvalue weighted by Gasteiger charge is 2.23. The second kappa shape index (κ2) is 5.87. The predicted octanol–water partition coefficient (Wildman–Crippen LogP) is 3.14. The van der Waals surface area contributed by atoms with Gasteiger partial charge in [0.1, 0.15) is 6.07 Å². The number of nitrogens with zero attached hydrogens (tertiary/aromatic N) is 2. The first kappa shape index (κ1) is 13.6. The van der Waals surface area contributed by atoms with Crippen LogP contribution in [0.4, 0.5) is 5.69 Å². The van der Waals surface area contributed by atoms with Gasteiger partial charge >= 0.3 is 0 Å². The van der Waals surface area contributed by atoms with Crippen LogP contribution in [-0.2, 0) is 0 Å². The summed E-state index contributed by atoms with van der Waals surface area (Å²) in [6.07, 6.45) is 0. The molecule has 0 saturated carbocycles. The van der Waals surface area contributed by atoms with Crippen LogP contribution in [-0.4, -0.2) is 13.1 Å². The molecule has 0 aliphatic carbocycles. The minimum Gasteiger partial charge on any atom is -0.365 e. The van der Waals surface area contributed by atoms with Crippen LogP contribution < -0.4 is 10.6 Å². The largest absolute Gasteiger partial charge is 0.365 e. The van der Waals surface area contributed by atoms with Gasteiger partial charge in [0.15, 0.2) is 0 Å². The van der Waals surface area contributed by atoms with E-state index in [0.29, 0.717) is 5.56 Å². The molecule has 0 aliphatic heterocycles. The zero-order valence-corrected chi connectivity index (χ0v) is 11.9. The van der Waals surface area contributed by atoms with Crippen LogP contribution >= 0.6 is 11.3 Å². The molecule has 4 heteroatoms. The fourth-order valence-corrected chi connectivity index (χ4v) is 3.04. The lowest BCUT2D eigenvalue weighted by atomic mass is 10.0. The van der Waals surface area contributed by atoms with Crippen LogP contribution in [0.1, 0.15) is 24.1 Å². The average Bonchev–Trinajstić information content (AvgIpc) is 2.92. The monoisotopic (exact) mass is 271 g/mol. The number of likely N-dealkylation sites (N-methyl/N-ethyl adjacent to an activating group) is 1. The molecule has 0 spiro atoms. The van der Waals surface area contributed by atoms with Crippen LogP contribution in [0, 0.1) is 11.3 Å². The molecule has 1 aromatic heterocycles. The normalized spacial score (nSPS) is 13.6. The number of para-hydroxylation sites is 1. The molecule has 0 fully saturated rings. The first-order valence-corrected chi connectivity index (χ1v) is 7.09. The Bertz CT molecular complexity index is 569. The molecule has 1 aromatic carbocycles. The molecular formula is C15H17N3S. The third-order valence-corrected chi connectivity index (χ3v) is 3.91. The van der Waals surface area contributed by atoms with Crippen molar-refractivity contribution in [1.82, 2.24) is 0 Å². The second-order valence-electron chi connectivity index (χ2n) is 4.60. The molecule has 0 saturated heterocycles. The molecule has 2 atom stereocenters. The maximum Gasteiger partial charge on any atom is 0.101 e. The van der Waals surface area contributed by atoms with Gasteiger partial charge in [-0.15, -0.1) is 0 Å². The highest BCUT2D eigenvalue weighted by atomic mass is 32.1. The van der Waals surface area contributed by atoms with Crippen molar-refractivity contribution in [2.24, 2.45) is 5.73 Å². The topological polar surface area (TPSA) is 53.0 Å². The van der Waals surface area contributed by atoms with E-state index in [1.807, 2.05) is 38.2 Å². The van der Waals surface area contributed by atoms with Gasteiger partial charge in [-0.3, -0.25) is 0 Å². The second-order valence-corrected chi connectivity index (χ2v) is 5.38. The summed E-state index contributed by atoms with van der Waals surface area (Å²) >= 11 is 1.66. The molecule has 2 aromatic rings. The first-order valence-electron chi connectivity index (χ1n) is 6.14. The van der Waals surface area contributed by atoms with E-state index in [0.717, 1.165) is 5.69 Å². The third-order valence-electron chi connectivity index (χ3n) is 3.20. The SMILES string of the molecule is CC(N)C(c1ccsc1)N(C)c1ccccc1C#N. The van der Waals surface area contributed by atoms with Crippen molar-refractivity contribution >= 4 is 17.0 Å². The molecule has 2 N–H and O–H groups in total. The summed E-state index contributed by atoms with van der Waals surface area (Å²) in [6.45, 7) is 1.99. The van der Waals surface area contributed by atoms with Gasteiger partial charge in [-0.25, -0.2) is 0 Å². The molecule has 1 heterocycles. The smallest absolute Gasteiger partial charge is 0.101 e. The summed E-state index contributed by atoms with van der Waals surface area (Å²) in [7, 11) is 1.99. The van der Waals surface area contributed by atoms with Gasteiger partial charge in [-0.05, 0) is 41.4 Å². The van der Waals surface area contributed by atoms with Gasteiger partial charge in [-0.1, -0.05) is 12.1 Å². The number of rotatable bonds is 4. The Balaban J connectivity index is 2.41. The summed E-state index contributed by atoms with van der Waals surface area (Å²) in [6, 6.07) is 12.0. The molecule has 0 amide bonds. The fraction of sp³-hybridized carbons (Fsp3) is 0.267. The standard InChI is InChI=1S/C15H17N3S/c1-11(17)15(13-7-8-19-10-13)18(2)14-6-4-3-5-12(14)9-16/h3-8,10-11,15H,17H2,1-2H3. The number of thiophene rings is 1. The number of benzene rings is 1. The first-order chi connectivity index (χ1) is 9.15. The zero-order chi connectivity index (χ0) is 13.8. The number of anilines is 1. The molecule has 0 bridgehead atoms. The molecular weight excluding hydrogens is 254 g/mol. The van der Waals surface area contributed by atoms with E-state index >= 15 is 0 Å². The highest BCUT2D eigenvalue weighted by Crippen LogP contribution is 2.30. The zero-order valence-electron chi connectivity index (χ0n) is 11.1. The van der Waals surface area contributed by atoms with Crippen molar-refractivity contribution in [1.29, 1.82) is 5.26 Å². The Morgan fingerprint density at radius 2 is 2.05 bits per heavy atom. The van der Waals surface area contributed by atoms with E-state index in [4.69, 9.17) is 5.73 Å². The Morgan fingerprint density at radius 1 is 1.32 bits per heavy atom. The van der Waals surface area contributed by atoms with Crippen molar-refractivity contribution in [2.45, 2.75) is 19.0 Å². The quantitative estimate of drug-likeness (QED) is 0.929. The minimum atomic E-state index is -0.0219. The van der Waals surface area contributed by atoms with E-state index in [1.54, 1.807) is 11.3 Å². The Morgan fingerprint density at radius 3 is 2.63 bits per heavy atom. The van der Waals surface area contributed by atoms with Crippen LogP contribution in [0.5, 0.6) is 0 Å². The molecule has 19 heavy (non-hydrogen) atoms. The van der Waals surface area contributed by atoms with Gasteiger partial charge < -0.3 is 10.6 Å². The lowest BCUT2D eigenvalue weighted by Crippen LogP contribution is -2.37. The van der Waals surface area contributed by atoms with Crippen molar-refractivity contribution < 1.29 is 0 Å². The predicted molar refractivity (Wildman–Crippen MR) is 80.3 cm³/mol. The van der Waals surface area contributed by atoms with E-state index in [-0.39, 0.29) is 12.1 Å². The number of hydrogen-bond donors (Lipinski definition) is 1. The summed E-state index contributed by atoms with van der Waals surface area (Å²) in [5, 5.41) is 13.4. The maximum absolute atomic E-state index is 9.21. The van der Waals surface area contributed by atoms with Crippen LogP contribution in [0.2, 0.25) is 0 Å². The average molecular weight is 271 g/mol. The van der Waals surface area contributed by atoms with Gasteiger partial charge in [-0.2, -0.15) is 16.6 Å². The summed E-state index contributed by atoms with van der Waals surface area (Å²) in [4.78, 5) is 2.09. The molecule has 2 rings (SSSR count). The van der Waals surface area contributed by atoms with Crippen molar-refractivity contribution in [3.63, 3.8) is 0 Å². The van der Waals surface area contributed by atoms with E-state index in [9.17, 15) is 5.26 Å². The van der Waals surface area contributed by atoms with E-state index in [2.05, 4.69) is 27.8 Å².